The summed E-state index contributed by atoms with van der Waals surface area (Å²) in [6.45, 7) is 10.3. The molecule has 3 saturated heterocycles. The van der Waals surface area contributed by atoms with Crippen LogP contribution in [0.4, 0.5) is 0 Å². The maximum absolute atomic E-state index is 13.4. The summed E-state index contributed by atoms with van der Waals surface area (Å²) in [5.74, 6) is 4.05. The van der Waals surface area contributed by atoms with E-state index in [0.717, 1.165) is 47.8 Å². The standard InChI is InChI=1S/C36H41N3O5.C27H23NO5/c1-25-10-11-32(30(20-25)36(41)26-8-4-3-5-9-26)44-33-12-15-37-31-22-35(34(42-2)21-29(31)33)43-24-28(40)23-38-18-13-27(14-19-38)39-16-6-7-17-39;1-17-8-9-23(21(12-17)27(29)18-6-4-3-5-7-18)33-24-10-11-28-22-14-26(32-16-19-15-31-19)25(30-2)13-20(22)24/h3-5,8-12,15,20-22,27-28,40H,6-7,13-14,16-19,23-24H2,1-2H3;3-14,19H,15-16H2,1-2H3. The number of carbonyl (C=O) groups is 2. The molecule has 6 aromatic carbocycles. The van der Waals surface area contributed by atoms with Gasteiger partial charge in [-0.2, -0.15) is 0 Å². The van der Waals surface area contributed by atoms with Crippen LogP contribution < -0.4 is 28.4 Å². The van der Waals surface area contributed by atoms with Crippen molar-refractivity contribution in [2.45, 2.75) is 57.8 Å². The number of hydrogen-bond donors (Lipinski definition) is 1. The van der Waals surface area contributed by atoms with Crippen LogP contribution in [0.2, 0.25) is 0 Å². The van der Waals surface area contributed by atoms with Crippen molar-refractivity contribution in [2.75, 3.05) is 66.8 Å². The fourth-order valence-corrected chi connectivity index (χ4v) is 9.98. The van der Waals surface area contributed by atoms with Crippen molar-refractivity contribution >= 4 is 33.4 Å². The monoisotopic (exact) mass is 1040 g/mol. The Morgan fingerprint density at radius 2 is 1.09 bits per heavy atom. The molecule has 1 N–H and O–H groups in total. The zero-order valence-electron chi connectivity index (χ0n) is 44.0. The van der Waals surface area contributed by atoms with E-state index in [0.29, 0.717) is 105 Å². The third-order valence-corrected chi connectivity index (χ3v) is 14.2. The maximum atomic E-state index is 13.4. The van der Waals surface area contributed by atoms with Gasteiger partial charge in [0.05, 0.1) is 43.0 Å². The first-order valence-electron chi connectivity index (χ1n) is 26.3. The van der Waals surface area contributed by atoms with Crippen LogP contribution in [0.15, 0.2) is 146 Å². The Bertz CT molecular complexity index is 3340. The molecule has 2 unspecified atom stereocenters. The lowest BCUT2D eigenvalue weighted by molar-refractivity contribution is 0.0470. The molecular formula is C63H64N4O10. The van der Waals surface area contributed by atoms with Gasteiger partial charge in [-0.1, -0.05) is 83.9 Å². The third-order valence-electron chi connectivity index (χ3n) is 14.2. The molecule has 0 spiro atoms. The lowest BCUT2D eigenvalue weighted by Gasteiger charge is -2.37. The SMILES string of the molecule is COc1cc2c(Oc3ccc(C)cc3C(=O)c3ccccc3)ccnc2cc1OCC(O)CN1CCC(N2CCCC2)CC1.COc1cc2c(Oc3ccc(C)cc3C(=O)c3ccccc3)ccnc2cc1OCC1CO1. The summed E-state index contributed by atoms with van der Waals surface area (Å²) in [4.78, 5) is 40.6. The van der Waals surface area contributed by atoms with E-state index in [4.69, 9.17) is 33.2 Å². The van der Waals surface area contributed by atoms with Crippen LogP contribution in [0.25, 0.3) is 21.8 Å². The molecule has 396 valence electrons. The second-order valence-electron chi connectivity index (χ2n) is 19.8. The molecule has 0 aliphatic carbocycles. The Hall–Kier alpha value is -7.88. The van der Waals surface area contributed by atoms with E-state index < -0.39 is 6.10 Å². The van der Waals surface area contributed by atoms with Crippen LogP contribution in [-0.4, -0.2) is 121 Å². The number of likely N-dealkylation sites (tertiary alicyclic amines) is 2. The van der Waals surface area contributed by atoms with E-state index in [1.54, 1.807) is 69.1 Å². The minimum Gasteiger partial charge on any atom is -0.493 e. The Morgan fingerprint density at radius 1 is 0.597 bits per heavy atom. The van der Waals surface area contributed by atoms with Crippen molar-refractivity contribution in [1.29, 1.82) is 0 Å². The number of ether oxygens (including phenoxy) is 7. The molecule has 0 bridgehead atoms. The highest BCUT2D eigenvalue weighted by atomic mass is 16.6. The van der Waals surface area contributed by atoms with Crippen LogP contribution in [0, 0.1) is 13.8 Å². The van der Waals surface area contributed by atoms with E-state index in [1.807, 2.05) is 105 Å². The summed E-state index contributed by atoms with van der Waals surface area (Å²) in [5.41, 5.74) is 5.49. The number of nitrogens with zero attached hydrogens (tertiary/aromatic N) is 4. The topological polar surface area (TPSA) is 155 Å². The number of aliphatic hydroxyl groups is 1. The number of hydrogen-bond acceptors (Lipinski definition) is 14. The summed E-state index contributed by atoms with van der Waals surface area (Å²) < 4.78 is 41.0. The van der Waals surface area contributed by atoms with Crippen molar-refractivity contribution < 1.29 is 47.9 Å². The first-order chi connectivity index (χ1) is 37.6. The highest BCUT2D eigenvalue weighted by Crippen LogP contribution is 2.40. The average Bonchev–Trinajstić information content (AvgIpc) is 4.16. The minimum atomic E-state index is -0.622. The smallest absolute Gasteiger partial charge is 0.196 e. The number of rotatable bonds is 19. The summed E-state index contributed by atoms with van der Waals surface area (Å²) in [5, 5.41) is 12.3. The van der Waals surface area contributed by atoms with Crippen LogP contribution >= 0.6 is 0 Å². The van der Waals surface area contributed by atoms with Crippen molar-refractivity contribution in [3.05, 3.63) is 179 Å². The molecule has 0 radical (unpaired) electrons. The van der Waals surface area contributed by atoms with Gasteiger partial charge in [-0.3, -0.25) is 19.6 Å². The fourth-order valence-electron chi connectivity index (χ4n) is 9.98. The van der Waals surface area contributed by atoms with E-state index in [1.165, 1.54) is 25.9 Å². The number of benzene rings is 6. The number of carbonyl (C=O) groups excluding carboxylic acids is 2. The Balaban J connectivity index is 0.000000182. The van der Waals surface area contributed by atoms with Gasteiger partial charge >= 0.3 is 0 Å². The molecule has 11 rings (SSSR count). The molecule has 14 nitrogen and oxygen atoms in total. The van der Waals surface area contributed by atoms with Crippen molar-refractivity contribution in [1.82, 2.24) is 19.8 Å². The predicted octanol–water partition coefficient (Wildman–Crippen LogP) is 11.2. The number of aryl methyl sites for hydroxylation is 2. The summed E-state index contributed by atoms with van der Waals surface area (Å²) >= 11 is 0. The first kappa shape index (κ1) is 52.6. The number of piperidine rings is 1. The molecule has 2 aromatic heterocycles. The van der Waals surface area contributed by atoms with Gasteiger partial charge < -0.3 is 48.1 Å². The summed E-state index contributed by atoms with van der Waals surface area (Å²) in [7, 11) is 3.18. The van der Waals surface area contributed by atoms with Gasteiger partial charge in [0.1, 0.15) is 48.4 Å². The molecule has 3 aliphatic heterocycles. The van der Waals surface area contributed by atoms with Gasteiger partial charge in [-0.15, -0.1) is 0 Å². The van der Waals surface area contributed by atoms with E-state index in [9.17, 15) is 14.7 Å². The predicted molar refractivity (Wildman–Crippen MR) is 296 cm³/mol. The Morgan fingerprint density at radius 3 is 1.57 bits per heavy atom. The maximum Gasteiger partial charge on any atom is 0.196 e. The number of β-amino-alcohol motifs (C(OH)–C–C–N with tert-alkyl or cyclic N) is 1. The number of epoxide rings is 1. The zero-order chi connectivity index (χ0) is 53.3. The lowest BCUT2D eigenvalue weighted by atomic mass is 10.0. The third kappa shape index (κ3) is 12.9. The highest BCUT2D eigenvalue weighted by Gasteiger charge is 2.28. The molecule has 2 atom stereocenters. The second-order valence-corrected chi connectivity index (χ2v) is 19.8. The average molecular weight is 1040 g/mol. The number of aromatic nitrogens is 2. The molecule has 77 heavy (non-hydrogen) atoms. The van der Waals surface area contributed by atoms with Crippen molar-refractivity contribution in [2.24, 2.45) is 0 Å². The molecule has 0 saturated carbocycles. The zero-order valence-corrected chi connectivity index (χ0v) is 44.0. The van der Waals surface area contributed by atoms with E-state index in [2.05, 4.69) is 19.8 Å². The number of fused-ring (bicyclic) bond motifs is 2. The number of methoxy groups -OCH3 is 2. The van der Waals surface area contributed by atoms with Gasteiger partial charge in [0.15, 0.2) is 34.6 Å². The molecule has 3 fully saturated rings. The quantitative estimate of drug-likeness (QED) is 0.0603. The van der Waals surface area contributed by atoms with Crippen LogP contribution in [0.3, 0.4) is 0 Å². The molecule has 14 heteroatoms. The molecule has 5 heterocycles. The van der Waals surface area contributed by atoms with Gasteiger partial charge in [0.25, 0.3) is 0 Å². The highest BCUT2D eigenvalue weighted by molar-refractivity contribution is 6.11. The summed E-state index contributed by atoms with van der Waals surface area (Å²) in [6.07, 6.45) is 7.81. The molecule has 0 amide bonds. The van der Waals surface area contributed by atoms with Gasteiger partial charge in [0, 0.05) is 59.0 Å². The Labute approximate surface area is 449 Å². The molecule has 8 aromatic rings. The minimum absolute atomic E-state index is 0.0942. The summed E-state index contributed by atoms with van der Waals surface area (Å²) in [6, 6.07) is 41.1. The lowest BCUT2D eigenvalue weighted by Crippen LogP contribution is -2.46. The van der Waals surface area contributed by atoms with Gasteiger partial charge in [0.2, 0.25) is 0 Å². The normalized spacial score (nSPS) is 16.0. The van der Waals surface area contributed by atoms with Crippen molar-refractivity contribution in [3.63, 3.8) is 0 Å². The second kappa shape index (κ2) is 24.4. The fraction of sp³-hybridized carbons (Fsp3) is 0.302. The van der Waals surface area contributed by atoms with Gasteiger partial charge in [-0.25, -0.2) is 0 Å². The van der Waals surface area contributed by atoms with Crippen LogP contribution in [-0.2, 0) is 4.74 Å². The van der Waals surface area contributed by atoms with Crippen LogP contribution in [0.5, 0.6) is 46.0 Å². The van der Waals surface area contributed by atoms with E-state index >= 15 is 0 Å². The van der Waals surface area contributed by atoms with Crippen LogP contribution in [0.1, 0.15) is 68.7 Å². The number of aliphatic hydroxyl groups excluding tert-OH is 1. The number of ketones is 2. The van der Waals surface area contributed by atoms with Crippen molar-refractivity contribution in [3.8, 4) is 46.0 Å². The number of pyridine rings is 2. The molecular weight excluding hydrogens is 973 g/mol. The van der Waals surface area contributed by atoms with Gasteiger partial charge in [-0.05, 0) is 114 Å². The molecule has 3 aliphatic rings. The largest absolute Gasteiger partial charge is 0.493 e. The van der Waals surface area contributed by atoms with E-state index in [-0.39, 0.29) is 24.3 Å². The Kier molecular flexibility index (Phi) is 16.7. The first-order valence-corrected chi connectivity index (χ1v) is 26.3.